The van der Waals surface area contributed by atoms with Gasteiger partial charge in [0.15, 0.2) is 0 Å². The second-order valence-electron chi connectivity index (χ2n) is 4.77. The Hall–Kier alpha value is -2.36. The van der Waals surface area contributed by atoms with Crippen LogP contribution >= 0.6 is 0 Å². The maximum absolute atomic E-state index is 12.1. The lowest BCUT2D eigenvalue weighted by Crippen LogP contribution is -2.27. The van der Waals surface area contributed by atoms with Gasteiger partial charge in [-0.25, -0.2) is 0 Å². The average molecular weight is 270 g/mol. The van der Waals surface area contributed by atoms with E-state index in [4.69, 9.17) is 0 Å². The maximum atomic E-state index is 12.1. The van der Waals surface area contributed by atoms with Crippen LogP contribution in [0.3, 0.4) is 0 Å². The Morgan fingerprint density at radius 3 is 2.40 bits per heavy atom. The lowest BCUT2D eigenvalue weighted by molar-refractivity contribution is -0.113. The van der Waals surface area contributed by atoms with Crippen molar-refractivity contribution in [2.24, 2.45) is 0 Å². The summed E-state index contributed by atoms with van der Waals surface area (Å²) in [6, 6.07) is 7.01. The fourth-order valence-corrected chi connectivity index (χ4v) is 2.16. The van der Waals surface area contributed by atoms with E-state index in [2.05, 4.69) is 6.58 Å². The largest absolute Gasteiger partial charge is 0.342 e. The molecule has 1 aromatic rings. The lowest BCUT2D eigenvalue weighted by atomic mass is 10.1. The molecule has 2 rings (SSSR count). The Balaban J connectivity index is 2.17. The SMILES string of the molecule is C=C1C=CC(=O)N1c1ccc(C(=O)N(C)CCC)cc1. The fraction of sp³-hybridized carbons (Fsp3) is 0.250. The number of amides is 2. The van der Waals surface area contributed by atoms with Crippen molar-refractivity contribution in [3.05, 3.63) is 54.3 Å². The van der Waals surface area contributed by atoms with Gasteiger partial charge in [-0.1, -0.05) is 13.5 Å². The van der Waals surface area contributed by atoms with Crippen LogP contribution < -0.4 is 4.90 Å². The summed E-state index contributed by atoms with van der Waals surface area (Å²) in [7, 11) is 1.79. The van der Waals surface area contributed by atoms with E-state index in [9.17, 15) is 9.59 Å². The molecule has 0 saturated heterocycles. The highest BCUT2D eigenvalue weighted by Crippen LogP contribution is 2.24. The molecule has 0 radical (unpaired) electrons. The van der Waals surface area contributed by atoms with E-state index in [1.54, 1.807) is 42.3 Å². The molecular weight excluding hydrogens is 252 g/mol. The first-order chi connectivity index (χ1) is 9.54. The summed E-state index contributed by atoms with van der Waals surface area (Å²) in [4.78, 5) is 27.0. The molecule has 0 spiro atoms. The van der Waals surface area contributed by atoms with Gasteiger partial charge in [-0.05, 0) is 36.8 Å². The van der Waals surface area contributed by atoms with E-state index in [0.717, 1.165) is 18.7 Å². The van der Waals surface area contributed by atoms with E-state index >= 15 is 0 Å². The Labute approximate surface area is 119 Å². The van der Waals surface area contributed by atoms with Gasteiger partial charge in [-0.2, -0.15) is 0 Å². The zero-order valence-corrected chi connectivity index (χ0v) is 11.8. The summed E-state index contributed by atoms with van der Waals surface area (Å²) < 4.78 is 0. The zero-order chi connectivity index (χ0) is 14.7. The Bertz CT molecular complexity index is 555. The summed E-state index contributed by atoms with van der Waals surface area (Å²) in [5.41, 5.74) is 1.98. The van der Waals surface area contributed by atoms with Gasteiger partial charge >= 0.3 is 0 Å². The van der Waals surface area contributed by atoms with Crippen molar-refractivity contribution in [3.8, 4) is 0 Å². The normalized spacial score (nSPS) is 14.0. The van der Waals surface area contributed by atoms with Crippen molar-refractivity contribution < 1.29 is 9.59 Å². The van der Waals surface area contributed by atoms with Gasteiger partial charge in [0, 0.05) is 36.6 Å². The molecule has 4 nitrogen and oxygen atoms in total. The third-order valence-corrected chi connectivity index (χ3v) is 3.20. The Morgan fingerprint density at radius 2 is 1.90 bits per heavy atom. The molecule has 0 unspecified atom stereocenters. The smallest absolute Gasteiger partial charge is 0.255 e. The summed E-state index contributed by atoms with van der Waals surface area (Å²) in [5.74, 6) is -0.125. The van der Waals surface area contributed by atoms with Gasteiger partial charge in [-0.15, -0.1) is 0 Å². The highest BCUT2D eigenvalue weighted by atomic mass is 16.2. The second kappa shape index (κ2) is 5.74. The quantitative estimate of drug-likeness (QED) is 0.843. The molecular formula is C16H18N2O2. The minimum Gasteiger partial charge on any atom is -0.342 e. The molecule has 104 valence electrons. The molecule has 20 heavy (non-hydrogen) atoms. The van der Waals surface area contributed by atoms with E-state index in [0.29, 0.717) is 11.3 Å². The number of rotatable bonds is 4. The molecule has 0 N–H and O–H groups in total. The maximum Gasteiger partial charge on any atom is 0.255 e. The number of allylic oxidation sites excluding steroid dienone is 1. The predicted molar refractivity (Wildman–Crippen MR) is 79.5 cm³/mol. The van der Waals surface area contributed by atoms with Crippen LogP contribution in [0.1, 0.15) is 23.7 Å². The fourth-order valence-electron chi connectivity index (χ4n) is 2.16. The number of benzene rings is 1. The van der Waals surface area contributed by atoms with Crippen LogP contribution in [0.15, 0.2) is 48.7 Å². The molecule has 1 aliphatic heterocycles. The molecule has 0 fully saturated rings. The Morgan fingerprint density at radius 1 is 1.25 bits per heavy atom. The molecule has 1 heterocycles. The van der Waals surface area contributed by atoms with Gasteiger partial charge in [0.05, 0.1) is 0 Å². The monoisotopic (exact) mass is 270 g/mol. The average Bonchev–Trinajstić information content (AvgIpc) is 2.78. The van der Waals surface area contributed by atoms with Gasteiger partial charge in [0.25, 0.3) is 11.8 Å². The standard InChI is InChI=1S/C16H18N2O2/c1-4-11-17(3)16(20)13-6-8-14(9-7-13)18-12(2)5-10-15(18)19/h5-10H,2,4,11H2,1,3H3. The third kappa shape index (κ3) is 2.64. The van der Waals surface area contributed by atoms with Gasteiger partial charge < -0.3 is 4.90 Å². The first-order valence-corrected chi connectivity index (χ1v) is 6.61. The highest BCUT2D eigenvalue weighted by Gasteiger charge is 2.20. The molecule has 1 aromatic carbocycles. The summed E-state index contributed by atoms with van der Waals surface area (Å²) in [6.45, 7) is 6.58. The van der Waals surface area contributed by atoms with Gasteiger partial charge in [0.1, 0.15) is 0 Å². The van der Waals surface area contributed by atoms with Gasteiger partial charge in [0.2, 0.25) is 0 Å². The summed E-state index contributed by atoms with van der Waals surface area (Å²) in [5, 5.41) is 0. The minimum absolute atomic E-state index is 0.0110. The molecule has 0 saturated carbocycles. The molecule has 0 aliphatic carbocycles. The van der Waals surface area contributed by atoms with Crippen molar-refractivity contribution in [2.75, 3.05) is 18.5 Å². The van der Waals surface area contributed by atoms with Gasteiger partial charge in [-0.3, -0.25) is 14.5 Å². The van der Waals surface area contributed by atoms with Crippen LogP contribution in [0.5, 0.6) is 0 Å². The van der Waals surface area contributed by atoms with Crippen LogP contribution in [0.2, 0.25) is 0 Å². The third-order valence-electron chi connectivity index (χ3n) is 3.20. The number of anilines is 1. The molecule has 2 amide bonds. The summed E-state index contributed by atoms with van der Waals surface area (Å²) in [6.07, 6.45) is 4.08. The first-order valence-electron chi connectivity index (χ1n) is 6.61. The number of carbonyl (C=O) groups is 2. The van der Waals surface area contributed by atoms with Crippen molar-refractivity contribution in [1.29, 1.82) is 0 Å². The number of nitrogens with zero attached hydrogens (tertiary/aromatic N) is 2. The molecule has 1 aliphatic rings. The van der Waals surface area contributed by atoms with Crippen molar-refractivity contribution in [2.45, 2.75) is 13.3 Å². The van der Waals surface area contributed by atoms with Crippen LogP contribution in [0, 0.1) is 0 Å². The van der Waals surface area contributed by atoms with E-state index in [1.165, 1.54) is 11.0 Å². The number of hydrogen-bond donors (Lipinski definition) is 0. The molecule has 0 bridgehead atoms. The molecule has 0 aromatic heterocycles. The second-order valence-corrected chi connectivity index (χ2v) is 4.77. The van der Waals surface area contributed by atoms with Crippen molar-refractivity contribution in [1.82, 2.24) is 4.90 Å². The Kier molecular flexibility index (Phi) is 4.03. The predicted octanol–water partition coefficient (Wildman–Crippen LogP) is 2.59. The van der Waals surface area contributed by atoms with E-state index in [-0.39, 0.29) is 11.8 Å². The summed E-state index contributed by atoms with van der Waals surface area (Å²) >= 11 is 0. The van der Waals surface area contributed by atoms with E-state index in [1.807, 2.05) is 6.92 Å². The minimum atomic E-state index is -0.114. The molecule has 0 atom stereocenters. The number of carbonyl (C=O) groups excluding carboxylic acids is 2. The topological polar surface area (TPSA) is 40.6 Å². The highest BCUT2D eigenvalue weighted by molar-refractivity contribution is 6.08. The van der Waals surface area contributed by atoms with Crippen molar-refractivity contribution in [3.63, 3.8) is 0 Å². The van der Waals surface area contributed by atoms with E-state index < -0.39 is 0 Å². The van der Waals surface area contributed by atoms with Crippen LogP contribution in [-0.2, 0) is 4.79 Å². The number of hydrogen-bond acceptors (Lipinski definition) is 2. The lowest BCUT2D eigenvalue weighted by Gasteiger charge is -2.19. The van der Waals surface area contributed by atoms with Crippen LogP contribution in [-0.4, -0.2) is 30.3 Å². The first kappa shape index (κ1) is 14.1. The molecule has 4 heteroatoms. The zero-order valence-electron chi connectivity index (χ0n) is 11.8. The van der Waals surface area contributed by atoms with Crippen molar-refractivity contribution >= 4 is 17.5 Å². The van der Waals surface area contributed by atoms with Crippen LogP contribution in [0.4, 0.5) is 5.69 Å². The van der Waals surface area contributed by atoms with Crippen LogP contribution in [0.25, 0.3) is 0 Å².